The van der Waals surface area contributed by atoms with Gasteiger partial charge in [0.15, 0.2) is 0 Å². The molecule has 2 heteroatoms. The summed E-state index contributed by atoms with van der Waals surface area (Å²) in [6.07, 6.45) is 1.73. The van der Waals surface area contributed by atoms with Crippen LogP contribution in [0.2, 0.25) is 0 Å². The third-order valence-electron chi connectivity index (χ3n) is 3.24. The number of aryl methyl sites for hydroxylation is 1. The number of benzene rings is 1. The highest BCUT2D eigenvalue weighted by atomic mass is 16.3. The first kappa shape index (κ1) is 9.69. The first-order valence-corrected chi connectivity index (χ1v) is 5.13. The smallest absolute Gasteiger partial charge is 0.0858 e. The zero-order valence-electron chi connectivity index (χ0n) is 8.53. The van der Waals surface area contributed by atoms with Crippen molar-refractivity contribution in [3.05, 3.63) is 35.4 Å². The predicted molar refractivity (Wildman–Crippen MR) is 56.9 cm³/mol. The molecule has 0 spiro atoms. The maximum Gasteiger partial charge on any atom is 0.0858 e. The minimum atomic E-state index is -0.382. The summed E-state index contributed by atoms with van der Waals surface area (Å²) in [6, 6.07) is 8.05. The Morgan fingerprint density at radius 3 is 2.71 bits per heavy atom. The Morgan fingerprint density at radius 1 is 1.50 bits per heavy atom. The molecule has 1 aliphatic rings. The van der Waals surface area contributed by atoms with E-state index in [4.69, 9.17) is 5.73 Å². The van der Waals surface area contributed by atoms with Gasteiger partial charge in [0.2, 0.25) is 0 Å². The van der Waals surface area contributed by atoms with Gasteiger partial charge in [-0.25, -0.2) is 0 Å². The maximum atomic E-state index is 10.2. The average molecular weight is 191 g/mol. The van der Waals surface area contributed by atoms with Crippen molar-refractivity contribution in [2.75, 3.05) is 6.54 Å². The van der Waals surface area contributed by atoms with Gasteiger partial charge >= 0.3 is 0 Å². The standard InChI is InChI=1S/C12H17NO/c1-9-3-2-4-10(7-9)11(14)12(8-13)5-6-12/h2-4,7,11,14H,5-6,8,13H2,1H3. The summed E-state index contributed by atoms with van der Waals surface area (Å²) in [5.41, 5.74) is 7.86. The summed E-state index contributed by atoms with van der Waals surface area (Å²) < 4.78 is 0. The second-order valence-corrected chi connectivity index (χ2v) is 4.38. The second kappa shape index (κ2) is 3.37. The summed E-state index contributed by atoms with van der Waals surface area (Å²) in [7, 11) is 0. The van der Waals surface area contributed by atoms with Crippen molar-refractivity contribution >= 4 is 0 Å². The van der Waals surface area contributed by atoms with E-state index in [-0.39, 0.29) is 11.5 Å². The molecule has 1 aliphatic carbocycles. The molecular weight excluding hydrogens is 174 g/mol. The number of hydrogen-bond acceptors (Lipinski definition) is 2. The molecule has 0 radical (unpaired) electrons. The first-order chi connectivity index (χ1) is 6.68. The zero-order chi connectivity index (χ0) is 10.2. The zero-order valence-corrected chi connectivity index (χ0v) is 8.53. The van der Waals surface area contributed by atoms with E-state index in [2.05, 4.69) is 0 Å². The molecular formula is C12H17NO. The lowest BCUT2D eigenvalue weighted by molar-refractivity contribution is 0.0975. The maximum absolute atomic E-state index is 10.2. The molecule has 0 heterocycles. The molecule has 0 amide bonds. The molecule has 1 aromatic rings. The van der Waals surface area contributed by atoms with E-state index >= 15 is 0 Å². The fraction of sp³-hybridized carbons (Fsp3) is 0.500. The van der Waals surface area contributed by atoms with Gasteiger partial charge < -0.3 is 10.8 Å². The van der Waals surface area contributed by atoms with Crippen LogP contribution in [-0.2, 0) is 0 Å². The molecule has 3 N–H and O–H groups in total. The summed E-state index contributed by atoms with van der Waals surface area (Å²) >= 11 is 0. The van der Waals surface area contributed by atoms with Gasteiger partial charge in [-0.1, -0.05) is 29.8 Å². The number of aliphatic hydroxyl groups is 1. The number of hydrogen-bond donors (Lipinski definition) is 2. The molecule has 0 saturated heterocycles. The highest BCUT2D eigenvalue weighted by Crippen LogP contribution is 2.53. The third-order valence-corrected chi connectivity index (χ3v) is 3.24. The van der Waals surface area contributed by atoms with Gasteiger partial charge in [-0.3, -0.25) is 0 Å². The van der Waals surface area contributed by atoms with Crippen LogP contribution < -0.4 is 5.73 Å². The fourth-order valence-electron chi connectivity index (χ4n) is 1.94. The van der Waals surface area contributed by atoms with Crippen LogP contribution in [0, 0.1) is 12.3 Å². The summed E-state index contributed by atoms with van der Waals surface area (Å²) in [6.45, 7) is 2.63. The lowest BCUT2D eigenvalue weighted by atomic mass is 9.92. The van der Waals surface area contributed by atoms with Crippen LogP contribution in [0.15, 0.2) is 24.3 Å². The van der Waals surface area contributed by atoms with Crippen LogP contribution in [0.5, 0.6) is 0 Å². The highest BCUT2D eigenvalue weighted by molar-refractivity contribution is 5.27. The second-order valence-electron chi connectivity index (χ2n) is 4.38. The molecule has 0 bridgehead atoms. The largest absolute Gasteiger partial charge is 0.388 e. The van der Waals surface area contributed by atoms with Crippen molar-refractivity contribution in [3.8, 4) is 0 Å². The first-order valence-electron chi connectivity index (χ1n) is 5.13. The fourth-order valence-corrected chi connectivity index (χ4v) is 1.94. The summed E-state index contributed by atoms with van der Waals surface area (Å²) in [4.78, 5) is 0. The molecule has 0 aliphatic heterocycles. The number of rotatable bonds is 3. The lowest BCUT2D eigenvalue weighted by Gasteiger charge is -2.20. The van der Waals surface area contributed by atoms with Crippen molar-refractivity contribution < 1.29 is 5.11 Å². The van der Waals surface area contributed by atoms with Gasteiger partial charge in [0.25, 0.3) is 0 Å². The van der Waals surface area contributed by atoms with Crippen LogP contribution in [0.1, 0.15) is 30.1 Å². The van der Waals surface area contributed by atoms with Gasteiger partial charge in [-0.15, -0.1) is 0 Å². The van der Waals surface area contributed by atoms with E-state index < -0.39 is 0 Å². The number of aliphatic hydroxyl groups excluding tert-OH is 1. The van der Waals surface area contributed by atoms with Gasteiger partial charge in [0.05, 0.1) is 6.10 Å². The summed E-state index contributed by atoms with van der Waals surface area (Å²) in [5, 5.41) is 10.2. The Hall–Kier alpha value is -0.860. The van der Waals surface area contributed by atoms with E-state index in [9.17, 15) is 5.11 Å². The van der Waals surface area contributed by atoms with Gasteiger partial charge in [0, 0.05) is 12.0 Å². The van der Waals surface area contributed by atoms with Crippen LogP contribution in [0.4, 0.5) is 0 Å². The molecule has 76 valence electrons. The third kappa shape index (κ3) is 1.56. The average Bonchev–Trinajstić information content (AvgIpc) is 2.97. The van der Waals surface area contributed by atoms with E-state index in [0.717, 1.165) is 18.4 Å². The van der Waals surface area contributed by atoms with E-state index in [1.165, 1.54) is 5.56 Å². The van der Waals surface area contributed by atoms with E-state index in [1.54, 1.807) is 0 Å². The van der Waals surface area contributed by atoms with Crippen molar-refractivity contribution in [1.29, 1.82) is 0 Å². The Kier molecular flexibility index (Phi) is 2.33. The minimum absolute atomic E-state index is 0.0200. The van der Waals surface area contributed by atoms with Gasteiger partial charge in [-0.2, -0.15) is 0 Å². The normalized spacial score (nSPS) is 20.5. The molecule has 1 aromatic carbocycles. The molecule has 1 unspecified atom stereocenters. The van der Waals surface area contributed by atoms with Crippen molar-refractivity contribution in [2.45, 2.75) is 25.9 Å². The highest BCUT2D eigenvalue weighted by Gasteiger charge is 2.48. The van der Waals surface area contributed by atoms with Crippen molar-refractivity contribution in [2.24, 2.45) is 11.1 Å². The van der Waals surface area contributed by atoms with Crippen molar-refractivity contribution in [1.82, 2.24) is 0 Å². The molecule has 14 heavy (non-hydrogen) atoms. The number of nitrogens with two attached hydrogens (primary N) is 1. The quantitative estimate of drug-likeness (QED) is 0.764. The Morgan fingerprint density at radius 2 is 2.21 bits per heavy atom. The molecule has 0 aromatic heterocycles. The Balaban J connectivity index is 2.23. The SMILES string of the molecule is Cc1cccc(C(O)C2(CN)CC2)c1. The predicted octanol–water partition coefficient (Wildman–Crippen LogP) is 1.77. The molecule has 1 atom stereocenters. The van der Waals surface area contributed by atoms with Gasteiger partial charge in [-0.05, 0) is 25.3 Å². The van der Waals surface area contributed by atoms with Crippen LogP contribution >= 0.6 is 0 Å². The van der Waals surface area contributed by atoms with Crippen LogP contribution in [0.3, 0.4) is 0 Å². The molecule has 2 rings (SSSR count). The van der Waals surface area contributed by atoms with Gasteiger partial charge in [0.1, 0.15) is 0 Å². The van der Waals surface area contributed by atoms with Crippen LogP contribution in [0.25, 0.3) is 0 Å². The van der Waals surface area contributed by atoms with E-state index in [1.807, 2.05) is 31.2 Å². The monoisotopic (exact) mass is 191 g/mol. The Bertz CT molecular complexity index is 331. The molecule has 1 fully saturated rings. The topological polar surface area (TPSA) is 46.2 Å². The molecule has 2 nitrogen and oxygen atoms in total. The minimum Gasteiger partial charge on any atom is -0.388 e. The van der Waals surface area contributed by atoms with E-state index in [0.29, 0.717) is 6.54 Å². The summed E-state index contributed by atoms with van der Waals surface area (Å²) in [5.74, 6) is 0. The van der Waals surface area contributed by atoms with Crippen molar-refractivity contribution in [3.63, 3.8) is 0 Å². The van der Waals surface area contributed by atoms with Crippen LogP contribution in [-0.4, -0.2) is 11.7 Å². The molecule has 1 saturated carbocycles. The lowest BCUT2D eigenvalue weighted by Crippen LogP contribution is -2.23. The Labute approximate surface area is 84.7 Å².